The van der Waals surface area contributed by atoms with Crippen LogP contribution in [0.2, 0.25) is 36.3 Å². The van der Waals surface area contributed by atoms with Gasteiger partial charge in [0, 0.05) is 43.6 Å². The number of aryl methyl sites for hydroxylation is 1. The van der Waals surface area contributed by atoms with Crippen molar-refractivity contribution in [3.05, 3.63) is 96.6 Å². The molecule has 2 aromatic heterocycles. The van der Waals surface area contributed by atoms with Crippen LogP contribution in [0.4, 0.5) is 0 Å². The lowest BCUT2D eigenvalue weighted by atomic mass is 10.1. The lowest BCUT2D eigenvalue weighted by Gasteiger charge is -2.60. The zero-order valence-corrected chi connectivity index (χ0v) is 55.3. The fourth-order valence-electron chi connectivity index (χ4n) is 15.7. The van der Waals surface area contributed by atoms with Crippen LogP contribution in [0.15, 0.2) is 91.0 Å². The molecule has 0 saturated carbocycles. The fraction of sp³-hybridized carbons (Fsp3) is 0.671. The Morgan fingerprint density at radius 3 is 0.808 bits per heavy atom. The van der Waals surface area contributed by atoms with Crippen LogP contribution in [-0.4, -0.2) is 31.1 Å². The van der Waals surface area contributed by atoms with Crippen LogP contribution in [0.1, 0.15) is 278 Å². The van der Waals surface area contributed by atoms with E-state index < -0.39 is 22.6 Å². The van der Waals surface area contributed by atoms with Crippen molar-refractivity contribution in [1.82, 2.24) is 8.47 Å². The first kappa shape index (κ1) is 64.3. The minimum Gasteiger partial charge on any atom is -0.370 e. The van der Waals surface area contributed by atoms with Crippen LogP contribution in [0, 0.1) is 6.92 Å². The number of hydrogen-bond donors (Lipinski definition) is 0. The molecule has 0 saturated heterocycles. The molecule has 78 heavy (non-hydrogen) atoms. The smallest absolute Gasteiger partial charge is 0.151 e. The Bertz CT molecular complexity index is 2430. The van der Waals surface area contributed by atoms with Gasteiger partial charge in [-0.05, 0) is 60.9 Å². The second-order valence-electron chi connectivity index (χ2n) is 25.5. The maximum Gasteiger partial charge on any atom is 0.151 e. The molecule has 434 valence electrons. The third-order valence-electron chi connectivity index (χ3n) is 19.7. The van der Waals surface area contributed by atoms with Gasteiger partial charge in [-0.25, -0.2) is 0 Å². The summed E-state index contributed by atoms with van der Waals surface area (Å²) >= 11 is 0. The van der Waals surface area contributed by atoms with Crippen LogP contribution >= 0.6 is 0 Å². The molecule has 0 spiro atoms. The van der Waals surface area contributed by atoms with Gasteiger partial charge in [-0.3, -0.25) is 0 Å². The molecular weight excluding hydrogens is 989 g/mol. The highest BCUT2D eigenvalue weighted by Crippen LogP contribution is 2.54. The van der Waals surface area contributed by atoms with Crippen molar-refractivity contribution >= 4 is 66.2 Å². The number of rotatable bonds is 46. The molecule has 0 amide bonds. The maximum absolute atomic E-state index is 3.46. The molecule has 2 nitrogen and oxygen atoms in total. The molecule has 5 heteroatoms. The van der Waals surface area contributed by atoms with Gasteiger partial charge >= 0.3 is 0 Å². The number of nitrogens with zero attached hydrogens (tertiary/aromatic N) is 2. The molecule has 0 aliphatic heterocycles. The molecule has 0 N–H and O–H groups in total. The Hall–Kier alpha value is -2.87. The summed E-state index contributed by atoms with van der Waals surface area (Å²) < 4.78 is 6.90. The van der Waals surface area contributed by atoms with Crippen molar-refractivity contribution in [3.63, 3.8) is 0 Å². The van der Waals surface area contributed by atoms with Gasteiger partial charge in [0.1, 0.15) is 0 Å². The van der Waals surface area contributed by atoms with Crippen LogP contribution < -0.4 is 0 Å². The number of fused-ring (bicyclic) bond motifs is 6. The molecule has 0 unspecified atom stereocenters. The van der Waals surface area contributed by atoms with E-state index >= 15 is 0 Å². The minimum absolute atomic E-state index is 1.33. The highest BCUT2D eigenvalue weighted by molar-refractivity contribution is 7.69. The van der Waals surface area contributed by atoms with Gasteiger partial charge in [0.25, 0.3) is 0 Å². The van der Waals surface area contributed by atoms with Gasteiger partial charge in [-0.15, -0.1) is 0 Å². The summed E-state index contributed by atoms with van der Waals surface area (Å²) in [7, 11) is -7.62. The Kier molecular flexibility index (Phi) is 29.6. The first-order valence-corrected chi connectivity index (χ1v) is 43.6. The Morgan fingerprint density at radius 1 is 0.256 bits per heavy atom. The zero-order valence-electron chi connectivity index (χ0n) is 52.3. The summed E-state index contributed by atoms with van der Waals surface area (Å²) in [5.41, 5.74) is 7.99. The van der Waals surface area contributed by atoms with Gasteiger partial charge in [0.05, 0.1) is 7.11 Å². The van der Waals surface area contributed by atoms with E-state index in [9.17, 15) is 0 Å². The molecule has 0 fully saturated rings. The molecule has 6 rings (SSSR count). The summed E-state index contributed by atoms with van der Waals surface area (Å²) in [6.45, 7) is 16.9. The first-order chi connectivity index (χ1) is 38.4. The largest absolute Gasteiger partial charge is 0.370 e. The van der Waals surface area contributed by atoms with Crippen molar-refractivity contribution in [3.8, 4) is 0 Å². The molecule has 6 aromatic rings. The van der Waals surface area contributed by atoms with Gasteiger partial charge in [0.2, 0.25) is 0 Å². The van der Waals surface area contributed by atoms with E-state index in [1.165, 1.54) is 261 Å². The average Bonchev–Trinajstić information content (AvgIpc) is 4.16. The maximum atomic E-state index is 3.46. The summed E-state index contributed by atoms with van der Waals surface area (Å²) in [6.07, 6.45) is 50.4. The number of unbranched alkanes of at least 4 members (excludes halogenated alkanes) is 30. The molecule has 0 atom stereocenters. The van der Waals surface area contributed by atoms with E-state index in [-0.39, 0.29) is 0 Å². The van der Waals surface area contributed by atoms with Gasteiger partial charge in [-0.2, -0.15) is 0 Å². The van der Waals surface area contributed by atoms with E-state index in [2.05, 4.69) is 148 Å². The zero-order chi connectivity index (χ0) is 55.2. The average molecular weight is 1110 g/mol. The van der Waals surface area contributed by atoms with Crippen molar-refractivity contribution in [2.24, 2.45) is 0 Å². The predicted octanol–water partition coefficient (Wildman–Crippen LogP) is 25.3. The topological polar surface area (TPSA) is 9.86 Å². The number of aromatic nitrogens is 2. The molecule has 2 heterocycles. The number of benzene rings is 4. The van der Waals surface area contributed by atoms with Crippen molar-refractivity contribution in [2.45, 2.75) is 316 Å². The van der Waals surface area contributed by atoms with E-state index in [4.69, 9.17) is 0 Å². The SMILES string of the molecule is CCCCCCCC[Si](CCCCCCCC)(n1c2ccccc2c2ccccc21)[Si](CCCCCCCC)(CCCCCCCC)[Si](CCCCCCCC)(CCCCCCCC)n1c2ccccc2c2ccc(C)cc21. The van der Waals surface area contributed by atoms with E-state index in [1.54, 1.807) is 55.7 Å². The van der Waals surface area contributed by atoms with E-state index in [1.807, 2.05) is 0 Å². The quantitative estimate of drug-likeness (QED) is 0.0266. The Morgan fingerprint density at radius 2 is 0.500 bits per heavy atom. The van der Waals surface area contributed by atoms with Crippen LogP contribution in [-0.2, 0) is 0 Å². The van der Waals surface area contributed by atoms with Gasteiger partial charge < -0.3 is 8.47 Å². The van der Waals surface area contributed by atoms with Crippen LogP contribution in [0.25, 0.3) is 43.6 Å². The van der Waals surface area contributed by atoms with E-state index in [0.29, 0.717) is 0 Å². The molecule has 0 aliphatic carbocycles. The predicted molar refractivity (Wildman–Crippen MR) is 361 cm³/mol. The standard InChI is InChI=1S/C73H120N2Si3/c1-8-14-20-26-32-44-58-76(59-45-33-27-21-15-9-2,74-70-53-41-38-50-66(70)67-51-39-42-54-71(67)74)78(62-48-36-30-24-18-12-5,63-49-37-31-25-19-13-6)77(60-46-34-28-22-16-10-3,61-47-35-29-23-17-11-4)75-72-55-43-40-52-68(72)69-57-56-65(7)64-73(69)75/h38-43,50-57,64H,8-37,44-49,58-63H2,1-7H3. The third-order valence-corrected chi connectivity index (χ3v) is 59.5. The molecule has 0 aliphatic rings. The number of para-hydroxylation sites is 3. The van der Waals surface area contributed by atoms with Gasteiger partial charge in [0.15, 0.2) is 15.5 Å². The normalized spacial score (nSPS) is 12.7. The highest BCUT2D eigenvalue weighted by atomic mass is 29.6. The summed E-state index contributed by atoms with van der Waals surface area (Å²) in [4.78, 5) is 0. The van der Waals surface area contributed by atoms with Gasteiger partial charge in [-0.1, -0.05) is 352 Å². The summed E-state index contributed by atoms with van der Waals surface area (Å²) in [6, 6.07) is 47.2. The second-order valence-corrected chi connectivity index (χ2v) is 48.5. The van der Waals surface area contributed by atoms with Crippen LogP contribution in [0.3, 0.4) is 0 Å². The second kappa shape index (κ2) is 35.9. The lowest BCUT2D eigenvalue weighted by Crippen LogP contribution is -2.82. The van der Waals surface area contributed by atoms with Crippen molar-refractivity contribution in [1.29, 1.82) is 0 Å². The third kappa shape index (κ3) is 16.7. The van der Waals surface area contributed by atoms with Crippen LogP contribution in [0.5, 0.6) is 0 Å². The van der Waals surface area contributed by atoms with E-state index in [0.717, 1.165) is 0 Å². The molecular formula is C73H120N2Si3. The Labute approximate surface area is 484 Å². The molecule has 4 aromatic carbocycles. The fourth-order valence-corrected chi connectivity index (χ4v) is 67.0. The first-order valence-electron chi connectivity index (χ1n) is 34.4. The molecule has 0 radical (unpaired) electrons. The van der Waals surface area contributed by atoms with Crippen molar-refractivity contribution < 1.29 is 0 Å². The number of hydrogen-bond acceptors (Lipinski definition) is 0. The molecule has 0 bridgehead atoms. The summed E-state index contributed by atoms with van der Waals surface area (Å²) in [5, 5.41) is 6.19. The summed E-state index contributed by atoms with van der Waals surface area (Å²) in [5.74, 6) is 0. The Balaban J connectivity index is 1.83. The monoisotopic (exact) mass is 1110 g/mol. The highest BCUT2D eigenvalue weighted by Gasteiger charge is 2.67. The lowest BCUT2D eigenvalue weighted by molar-refractivity contribution is 0.608. The minimum atomic E-state index is -2.57. The van der Waals surface area contributed by atoms with Crippen molar-refractivity contribution in [2.75, 3.05) is 0 Å².